The highest BCUT2D eigenvalue weighted by atomic mass is 35.5. The molecule has 1 aromatic rings. The van der Waals surface area contributed by atoms with Gasteiger partial charge in [-0.15, -0.1) is 23.7 Å². The molecule has 0 N–H and O–H groups in total. The van der Waals surface area contributed by atoms with Crippen molar-refractivity contribution in [3.8, 4) is 0 Å². The molecule has 0 saturated heterocycles. The fourth-order valence-corrected chi connectivity index (χ4v) is 1.53. The maximum atomic E-state index is 10.7. The molecule has 0 bridgehead atoms. The van der Waals surface area contributed by atoms with E-state index < -0.39 is 0 Å². The van der Waals surface area contributed by atoms with E-state index in [9.17, 15) is 4.79 Å². The van der Waals surface area contributed by atoms with Crippen molar-refractivity contribution >= 4 is 35.9 Å². The summed E-state index contributed by atoms with van der Waals surface area (Å²) in [5.41, 5.74) is 0.750. The van der Waals surface area contributed by atoms with E-state index >= 15 is 0 Å². The lowest BCUT2D eigenvalue weighted by Gasteiger charge is -1.77. The molecule has 0 atom stereocenters. The van der Waals surface area contributed by atoms with E-state index in [1.807, 2.05) is 5.38 Å². The van der Waals surface area contributed by atoms with Crippen LogP contribution in [0.5, 0.6) is 0 Å². The number of aliphatic imine (C=N–C) groups is 1. The first-order chi connectivity index (χ1) is 4.38. The average molecular weight is 174 g/mol. The summed E-state index contributed by atoms with van der Waals surface area (Å²) < 4.78 is 0. The Kier molecular flexibility index (Phi) is 1.87. The molecule has 0 spiro atoms. The maximum Gasteiger partial charge on any atom is 0.278 e. The molecule has 0 aliphatic carbocycles. The number of hydrogen-bond acceptors (Lipinski definition) is 2. The summed E-state index contributed by atoms with van der Waals surface area (Å²) in [5.74, 6) is -0.105. The van der Waals surface area contributed by atoms with E-state index in [0.29, 0.717) is 0 Å². The number of fused-ring (bicyclic) bond motifs is 1. The van der Waals surface area contributed by atoms with Gasteiger partial charge in [0.1, 0.15) is 0 Å². The molecular weight excluding hydrogens is 170 g/mol. The third-order valence-electron chi connectivity index (χ3n) is 1.22. The number of carbonyl (C=O) groups is 1. The van der Waals surface area contributed by atoms with Gasteiger partial charge in [0.15, 0.2) is 0 Å². The van der Waals surface area contributed by atoms with Gasteiger partial charge in [-0.05, 0) is 11.4 Å². The highest BCUT2D eigenvalue weighted by Gasteiger charge is 2.14. The Labute approximate surface area is 68.0 Å². The predicted molar refractivity (Wildman–Crippen MR) is 43.5 cm³/mol. The topological polar surface area (TPSA) is 29.4 Å². The van der Waals surface area contributed by atoms with Gasteiger partial charge >= 0.3 is 0 Å². The lowest BCUT2D eigenvalue weighted by molar-refractivity contribution is 0.101. The molecule has 2 heterocycles. The number of halogens is 1. The highest BCUT2D eigenvalue weighted by Crippen LogP contribution is 2.19. The molecule has 1 amide bonds. The van der Waals surface area contributed by atoms with Crippen LogP contribution in [0.4, 0.5) is 0 Å². The van der Waals surface area contributed by atoms with Gasteiger partial charge in [0.25, 0.3) is 5.91 Å². The fourth-order valence-electron chi connectivity index (χ4n) is 0.784. The predicted octanol–water partition coefficient (Wildman–Crippen LogP) is 1.74. The zero-order valence-electron chi connectivity index (χ0n) is 4.90. The Balaban J connectivity index is 0.000000500. The third-order valence-corrected chi connectivity index (χ3v) is 2.08. The van der Waals surface area contributed by atoms with Crippen molar-refractivity contribution in [3.63, 3.8) is 0 Å². The van der Waals surface area contributed by atoms with Gasteiger partial charge in [-0.25, -0.2) is 4.99 Å². The number of nitrogens with zero attached hydrogens (tertiary/aromatic N) is 1. The molecule has 52 valence electrons. The molecule has 4 heteroatoms. The van der Waals surface area contributed by atoms with E-state index in [-0.39, 0.29) is 18.3 Å². The van der Waals surface area contributed by atoms with E-state index in [1.165, 1.54) is 0 Å². The van der Waals surface area contributed by atoms with Crippen molar-refractivity contribution in [1.29, 1.82) is 0 Å². The monoisotopic (exact) mass is 173 g/mol. The van der Waals surface area contributed by atoms with Crippen molar-refractivity contribution < 1.29 is 4.79 Å². The third kappa shape index (κ3) is 0.874. The molecule has 10 heavy (non-hydrogen) atoms. The van der Waals surface area contributed by atoms with Crippen LogP contribution in [0.2, 0.25) is 0 Å². The van der Waals surface area contributed by atoms with Crippen LogP contribution in [0, 0.1) is 0 Å². The van der Waals surface area contributed by atoms with Gasteiger partial charge in [-0.1, -0.05) is 0 Å². The summed E-state index contributed by atoms with van der Waals surface area (Å²) in [6.45, 7) is 0. The van der Waals surface area contributed by atoms with Crippen molar-refractivity contribution in [2.24, 2.45) is 4.99 Å². The van der Waals surface area contributed by atoms with E-state index in [1.54, 1.807) is 23.6 Å². The Morgan fingerprint density at radius 1 is 1.50 bits per heavy atom. The zero-order valence-corrected chi connectivity index (χ0v) is 6.54. The SMILES string of the molecule is Cl.O=C1N=Cc2sccc21. The summed E-state index contributed by atoms with van der Waals surface area (Å²) in [4.78, 5) is 15.3. The Morgan fingerprint density at radius 2 is 2.30 bits per heavy atom. The largest absolute Gasteiger partial charge is 0.278 e. The maximum absolute atomic E-state index is 10.7. The molecular formula is C6H4ClNOS. The second-order valence-corrected chi connectivity index (χ2v) is 2.71. The first-order valence-corrected chi connectivity index (χ1v) is 3.42. The van der Waals surface area contributed by atoms with Gasteiger partial charge in [0, 0.05) is 6.21 Å². The van der Waals surface area contributed by atoms with Crippen molar-refractivity contribution in [1.82, 2.24) is 0 Å². The van der Waals surface area contributed by atoms with Gasteiger partial charge in [-0.2, -0.15) is 0 Å². The van der Waals surface area contributed by atoms with Crippen LogP contribution >= 0.6 is 23.7 Å². The van der Waals surface area contributed by atoms with Crippen molar-refractivity contribution in [3.05, 3.63) is 21.9 Å². The number of hydrogen-bond donors (Lipinski definition) is 0. The summed E-state index contributed by atoms with van der Waals surface area (Å²) >= 11 is 1.55. The molecule has 2 rings (SSSR count). The number of thiophene rings is 1. The molecule has 1 aromatic heterocycles. The molecule has 0 fully saturated rings. The molecule has 0 saturated carbocycles. The average Bonchev–Trinajstić information content (AvgIpc) is 2.35. The van der Waals surface area contributed by atoms with Crippen LogP contribution in [0.3, 0.4) is 0 Å². The van der Waals surface area contributed by atoms with Crippen LogP contribution < -0.4 is 0 Å². The summed E-state index contributed by atoms with van der Waals surface area (Å²) in [6, 6.07) is 1.80. The second-order valence-electron chi connectivity index (χ2n) is 1.76. The second kappa shape index (κ2) is 2.52. The molecule has 1 aliphatic rings. The molecule has 2 nitrogen and oxygen atoms in total. The van der Waals surface area contributed by atoms with Gasteiger partial charge < -0.3 is 0 Å². The van der Waals surface area contributed by atoms with Crippen molar-refractivity contribution in [2.45, 2.75) is 0 Å². The number of rotatable bonds is 0. The van der Waals surface area contributed by atoms with Crippen LogP contribution in [0.1, 0.15) is 15.2 Å². The molecule has 0 unspecified atom stereocenters. The van der Waals surface area contributed by atoms with E-state index in [2.05, 4.69) is 4.99 Å². The van der Waals surface area contributed by atoms with Crippen LogP contribution in [-0.4, -0.2) is 12.1 Å². The lowest BCUT2D eigenvalue weighted by Crippen LogP contribution is -1.84. The number of amides is 1. The lowest BCUT2D eigenvalue weighted by atomic mass is 10.3. The van der Waals surface area contributed by atoms with Crippen LogP contribution in [0.25, 0.3) is 0 Å². The van der Waals surface area contributed by atoms with Crippen LogP contribution in [-0.2, 0) is 0 Å². The van der Waals surface area contributed by atoms with Gasteiger partial charge in [0.05, 0.1) is 10.4 Å². The highest BCUT2D eigenvalue weighted by molar-refractivity contribution is 7.12. The fraction of sp³-hybridized carbons (Fsp3) is 0. The zero-order chi connectivity index (χ0) is 6.27. The summed E-state index contributed by atoms with van der Waals surface area (Å²) in [5, 5.41) is 1.90. The Bertz CT molecular complexity index is 292. The minimum absolute atomic E-state index is 0. The van der Waals surface area contributed by atoms with E-state index in [4.69, 9.17) is 0 Å². The minimum Gasteiger partial charge on any atom is -0.267 e. The van der Waals surface area contributed by atoms with E-state index in [0.717, 1.165) is 10.4 Å². The van der Waals surface area contributed by atoms with Crippen molar-refractivity contribution in [2.75, 3.05) is 0 Å². The normalized spacial score (nSPS) is 13.0. The minimum atomic E-state index is -0.105. The Morgan fingerprint density at radius 3 is 3.00 bits per heavy atom. The molecule has 1 aliphatic heterocycles. The number of carbonyl (C=O) groups excluding carboxylic acids is 1. The summed E-state index contributed by atoms with van der Waals surface area (Å²) in [7, 11) is 0. The molecule has 0 aromatic carbocycles. The standard InChI is InChI=1S/C6H3NOS.ClH/c8-6-4-1-2-9-5(4)3-7-6;/h1-3H;1H. The van der Waals surface area contributed by atoms with Gasteiger partial charge in [0.2, 0.25) is 0 Å². The summed E-state index contributed by atoms with van der Waals surface area (Å²) in [6.07, 6.45) is 1.61. The quantitative estimate of drug-likeness (QED) is 0.588. The van der Waals surface area contributed by atoms with Gasteiger partial charge in [-0.3, -0.25) is 4.79 Å². The first kappa shape index (κ1) is 7.44. The van der Waals surface area contributed by atoms with Crippen LogP contribution in [0.15, 0.2) is 16.4 Å². The Hall–Kier alpha value is -0.670. The first-order valence-electron chi connectivity index (χ1n) is 2.54. The smallest absolute Gasteiger partial charge is 0.267 e. The molecule has 0 radical (unpaired) electrons.